The normalized spacial score (nSPS) is 20.3. The van der Waals surface area contributed by atoms with Crippen molar-refractivity contribution in [2.45, 2.75) is 23.8 Å². The molecular weight excluding hydrogens is 454 g/mol. The van der Waals surface area contributed by atoms with E-state index in [0.29, 0.717) is 25.2 Å². The quantitative estimate of drug-likeness (QED) is 0.595. The van der Waals surface area contributed by atoms with Gasteiger partial charge in [-0.05, 0) is 50.7 Å². The average molecular weight is 482 g/mol. The van der Waals surface area contributed by atoms with Gasteiger partial charge in [-0.25, -0.2) is 8.42 Å². The van der Waals surface area contributed by atoms with Gasteiger partial charge in [0.15, 0.2) is 0 Å². The molecule has 0 aliphatic carbocycles. The summed E-state index contributed by atoms with van der Waals surface area (Å²) in [5.74, 6) is -0.335. The zero-order valence-corrected chi connectivity index (χ0v) is 20.0. The van der Waals surface area contributed by atoms with E-state index in [1.54, 1.807) is 54.0 Å². The first-order valence-corrected chi connectivity index (χ1v) is 12.7. The number of benzene rings is 1. The number of amides is 1. The highest BCUT2D eigenvalue weighted by Gasteiger charge is 2.40. The van der Waals surface area contributed by atoms with Gasteiger partial charge in [-0.3, -0.25) is 14.6 Å². The minimum atomic E-state index is -3.76. The van der Waals surface area contributed by atoms with Gasteiger partial charge in [-0.2, -0.15) is 4.31 Å². The molecule has 178 valence electrons. The molecule has 34 heavy (non-hydrogen) atoms. The van der Waals surface area contributed by atoms with E-state index >= 15 is 0 Å². The number of nitrogens with zero attached hydrogens (tertiary/aromatic N) is 4. The minimum Gasteiger partial charge on any atom is -0.320 e. The molecule has 0 unspecified atom stereocenters. The van der Waals surface area contributed by atoms with Gasteiger partial charge in [0.1, 0.15) is 10.6 Å². The van der Waals surface area contributed by atoms with Crippen molar-refractivity contribution in [1.29, 1.82) is 0 Å². The van der Waals surface area contributed by atoms with Crippen LogP contribution in [0.25, 0.3) is 10.9 Å². The molecule has 0 saturated carbocycles. The maximum atomic E-state index is 13.6. The first-order chi connectivity index (χ1) is 16.2. The van der Waals surface area contributed by atoms with Crippen LogP contribution in [0.1, 0.15) is 18.0 Å². The lowest BCUT2D eigenvalue weighted by Gasteiger charge is -2.42. The summed E-state index contributed by atoms with van der Waals surface area (Å²) in [6.45, 7) is 1.24. The summed E-state index contributed by atoms with van der Waals surface area (Å²) in [5, 5.41) is 3.48. The van der Waals surface area contributed by atoms with Crippen LogP contribution in [0.15, 0.2) is 58.4 Å². The van der Waals surface area contributed by atoms with Crippen molar-refractivity contribution >= 4 is 32.5 Å². The number of para-hydroxylation sites is 1. The van der Waals surface area contributed by atoms with Gasteiger partial charge in [0.2, 0.25) is 15.9 Å². The summed E-state index contributed by atoms with van der Waals surface area (Å²) < 4.78 is 30.5. The van der Waals surface area contributed by atoms with Crippen LogP contribution in [0.3, 0.4) is 0 Å². The molecule has 2 aliphatic rings. The summed E-state index contributed by atoms with van der Waals surface area (Å²) in [4.78, 5) is 31.5. The maximum absolute atomic E-state index is 13.6. The molecule has 1 N–H and O–H groups in total. The molecule has 2 aliphatic heterocycles. The molecule has 0 spiro atoms. The van der Waals surface area contributed by atoms with Crippen molar-refractivity contribution in [3.05, 3.63) is 64.7 Å². The van der Waals surface area contributed by atoms with Crippen LogP contribution in [0.4, 0.5) is 5.69 Å². The number of carbonyl (C=O) groups is 1. The predicted molar refractivity (Wildman–Crippen MR) is 129 cm³/mol. The highest BCUT2D eigenvalue weighted by atomic mass is 32.2. The molecule has 10 heteroatoms. The smallest absolute Gasteiger partial charge is 0.274 e. The fourth-order valence-electron chi connectivity index (χ4n) is 5.09. The maximum Gasteiger partial charge on any atom is 0.274 e. The largest absolute Gasteiger partial charge is 0.320 e. The summed E-state index contributed by atoms with van der Waals surface area (Å²) >= 11 is 0. The van der Waals surface area contributed by atoms with Crippen molar-refractivity contribution in [1.82, 2.24) is 18.8 Å². The third-order valence-corrected chi connectivity index (χ3v) is 8.38. The number of hydrogen-bond donors (Lipinski definition) is 1. The van der Waals surface area contributed by atoms with E-state index in [0.717, 1.165) is 17.5 Å². The number of likely N-dealkylation sites (N-methyl/N-ethyl adjacent to an activating group) is 1. The Hall–Kier alpha value is -3.08. The third-order valence-electron chi connectivity index (χ3n) is 6.52. The van der Waals surface area contributed by atoms with Crippen molar-refractivity contribution in [2.75, 3.05) is 39.0 Å². The van der Waals surface area contributed by atoms with Gasteiger partial charge in [0.05, 0.1) is 12.1 Å². The van der Waals surface area contributed by atoms with Gasteiger partial charge < -0.3 is 14.8 Å². The average Bonchev–Trinajstić information content (AvgIpc) is 2.80. The monoisotopic (exact) mass is 481 g/mol. The molecule has 1 amide bonds. The zero-order valence-electron chi connectivity index (χ0n) is 19.1. The van der Waals surface area contributed by atoms with E-state index in [4.69, 9.17) is 0 Å². The van der Waals surface area contributed by atoms with E-state index in [9.17, 15) is 18.0 Å². The Bertz CT molecular complexity index is 1430. The van der Waals surface area contributed by atoms with E-state index in [2.05, 4.69) is 10.3 Å². The van der Waals surface area contributed by atoms with Gasteiger partial charge in [-0.15, -0.1) is 0 Å². The Morgan fingerprint density at radius 3 is 2.71 bits per heavy atom. The van der Waals surface area contributed by atoms with Crippen molar-refractivity contribution < 1.29 is 13.2 Å². The number of sulfonamides is 1. The first-order valence-electron chi connectivity index (χ1n) is 11.3. The Morgan fingerprint density at radius 2 is 1.91 bits per heavy atom. The molecule has 1 saturated heterocycles. The molecule has 9 nitrogen and oxygen atoms in total. The Morgan fingerprint density at radius 1 is 1.12 bits per heavy atom. The Balaban J connectivity index is 1.44. The third kappa shape index (κ3) is 4.02. The molecule has 2 aromatic heterocycles. The molecule has 0 radical (unpaired) electrons. The van der Waals surface area contributed by atoms with Crippen molar-refractivity contribution in [3.63, 3.8) is 0 Å². The van der Waals surface area contributed by atoms with Gasteiger partial charge in [-0.1, -0.05) is 18.2 Å². The molecule has 5 rings (SSSR count). The molecule has 4 heterocycles. The molecule has 1 fully saturated rings. The van der Waals surface area contributed by atoms with Gasteiger partial charge in [0.25, 0.3) is 5.56 Å². The van der Waals surface area contributed by atoms with Crippen LogP contribution in [0, 0.1) is 5.92 Å². The van der Waals surface area contributed by atoms with Crippen LogP contribution in [0.2, 0.25) is 0 Å². The molecule has 2 atom stereocenters. The van der Waals surface area contributed by atoms with Gasteiger partial charge >= 0.3 is 0 Å². The second-order valence-electron chi connectivity index (χ2n) is 9.33. The number of piperidine rings is 1. The number of nitrogens with one attached hydrogen (secondary N) is 1. The SMILES string of the molecule is CN(C)CC(=O)Nc1ccc2n(c1=O)C[C@H]1C[C@@H]2CN(S(=O)(=O)c2cccc3cccnc23)C1. The number of carbonyl (C=O) groups excluding carboxylic acids is 1. The van der Waals surface area contributed by atoms with Crippen LogP contribution >= 0.6 is 0 Å². The molecule has 3 aromatic rings. The van der Waals surface area contributed by atoms with E-state index in [1.807, 2.05) is 18.2 Å². The lowest BCUT2D eigenvalue weighted by atomic mass is 9.84. The lowest BCUT2D eigenvalue weighted by molar-refractivity contribution is -0.116. The summed E-state index contributed by atoms with van der Waals surface area (Å²) in [7, 11) is -0.185. The fraction of sp³-hybridized carbons (Fsp3) is 0.375. The van der Waals surface area contributed by atoms with Crippen molar-refractivity contribution in [3.8, 4) is 0 Å². The summed E-state index contributed by atoms with van der Waals surface area (Å²) in [6.07, 6.45) is 2.43. The molecular formula is C24H27N5O4S. The summed E-state index contributed by atoms with van der Waals surface area (Å²) in [5.41, 5.74) is 1.29. The number of anilines is 1. The van der Waals surface area contributed by atoms with Crippen LogP contribution in [-0.2, 0) is 21.4 Å². The lowest BCUT2D eigenvalue weighted by Crippen LogP contribution is -2.49. The van der Waals surface area contributed by atoms with E-state index in [-0.39, 0.29) is 40.4 Å². The summed E-state index contributed by atoms with van der Waals surface area (Å²) in [6, 6.07) is 12.3. The number of fused-ring (bicyclic) bond motifs is 5. The Labute approximate surface area is 198 Å². The predicted octanol–water partition coefficient (Wildman–Crippen LogP) is 1.70. The topological polar surface area (TPSA) is 105 Å². The number of hydrogen-bond acceptors (Lipinski definition) is 6. The number of rotatable bonds is 5. The highest BCUT2D eigenvalue weighted by molar-refractivity contribution is 7.89. The van der Waals surface area contributed by atoms with E-state index in [1.165, 1.54) is 4.31 Å². The van der Waals surface area contributed by atoms with Crippen LogP contribution in [0.5, 0.6) is 0 Å². The second-order valence-corrected chi connectivity index (χ2v) is 11.2. The molecule has 1 aromatic carbocycles. The zero-order chi connectivity index (χ0) is 24.0. The fourth-order valence-corrected chi connectivity index (χ4v) is 6.82. The first kappa shape index (κ1) is 22.7. The Kier molecular flexibility index (Phi) is 5.75. The second kappa shape index (κ2) is 8.61. The van der Waals surface area contributed by atoms with Crippen molar-refractivity contribution in [2.24, 2.45) is 5.92 Å². The highest BCUT2D eigenvalue weighted by Crippen LogP contribution is 2.38. The van der Waals surface area contributed by atoms with E-state index < -0.39 is 10.0 Å². The molecule has 2 bridgehead atoms. The standard InChI is InChI=1S/C24H27N5O4S/c1-27(2)15-22(30)26-19-8-9-20-18-11-16(13-29(20)24(19)31)12-28(14-18)34(32,33)21-7-3-5-17-6-4-10-25-23(17)21/h3-10,16,18H,11-15H2,1-2H3,(H,26,30)/t16-,18+/m0/s1. The number of aromatic nitrogens is 2. The minimum absolute atomic E-state index is 0.00869. The van der Waals surface area contributed by atoms with Gasteiger partial charge in [0, 0.05) is 42.8 Å². The van der Waals surface area contributed by atoms with Crippen LogP contribution in [-0.4, -0.2) is 66.8 Å². The number of pyridine rings is 2. The van der Waals surface area contributed by atoms with Crippen LogP contribution < -0.4 is 10.9 Å².